The van der Waals surface area contributed by atoms with Crippen LogP contribution in [-0.4, -0.2) is 22.5 Å². The standard InChI is InChI=1S/C23H18N2O2/c1-2-27-23(26)18-13-14-19-20(15-18)25-22(17-11-7-4-8-12-17)21(24-19)16-9-5-3-6-10-16/h3-15H,2H2,1H3. The Morgan fingerprint density at radius 2 is 1.33 bits per heavy atom. The van der Waals surface area contributed by atoms with E-state index in [4.69, 9.17) is 14.7 Å². The van der Waals surface area contributed by atoms with Gasteiger partial charge in [-0.2, -0.15) is 0 Å². The van der Waals surface area contributed by atoms with Crippen molar-refractivity contribution in [2.45, 2.75) is 6.92 Å². The molecule has 3 aromatic carbocycles. The van der Waals surface area contributed by atoms with Gasteiger partial charge in [0.25, 0.3) is 0 Å². The molecule has 0 aliphatic heterocycles. The Labute approximate surface area is 157 Å². The highest BCUT2D eigenvalue weighted by atomic mass is 16.5. The molecule has 0 N–H and O–H groups in total. The minimum atomic E-state index is -0.352. The van der Waals surface area contributed by atoms with Crippen molar-refractivity contribution in [2.24, 2.45) is 0 Å². The first-order valence-corrected chi connectivity index (χ1v) is 8.86. The normalized spacial score (nSPS) is 10.7. The van der Waals surface area contributed by atoms with Gasteiger partial charge in [-0.05, 0) is 25.1 Å². The van der Waals surface area contributed by atoms with Gasteiger partial charge in [-0.25, -0.2) is 14.8 Å². The molecule has 4 rings (SSSR count). The Morgan fingerprint density at radius 1 is 0.778 bits per heavy atom. The van der Waals surface area contributed by atoms with Crippen molar-refractivity contribution in [1.82, 2.24) is 9.97 Å². The lowest BCUT2D eigenvalue weighted by molar-refractivity contribution is 0.0526. The first-order valence-electron chi connectivity index (χ1n) is 8.86. The van der Waals surface area contributed by atoms with E-state index in [9.17, 15) is 4.79 Å². The second-order valence-corrected chi connectivity index (χ2v) is 6.08. The zero-order valence-corrected chi connectivity index (χ0v) is 14.9. The number of carbonyl (C=O) groups excluding carboxylic acids is 1. The molecule has 0 saturated heterocycles. The van der Waals surface area contributed by atoms with Crippen molar-refractivity contribution in [3.63, 3.8) is 0 Å². The van der Waals surface area contributed by atoms with Crippen LogP contribution in [0.25, 0.3) is 33.5 Å². The van der Waals surface area contributed by atoms with Crippen LogP contribution in [0.5, 0.6) is 0 Å². The number of carbonyl (C=O) groups is 1. The number of hydrogen-bond donors (Lipinski definition) is 0. The maximum atomic E-state index is 12.1. The lowest BCUT2D eigenvalue weighted by Gasteiger charge is -2.11. The molecule has 4 heteroatoms. The fourth-order valence-corrected chi connectivity index (χ4v) is 2.99. The van der Waals surface area contributed by atoms with Crippen LogP contribution in [-0.2, 0) is 4.74 Å². The molecule has 0 fully saturated rings. The summed E-state index contributed by atoms with van der Waals surface area (Å²) in [5, 5.41) is 0. The largest absolute Gasteiger partial charge is 0.462 e. The molecule has 27 heavy (non-hydrogen) atoms. The first-order chi connectivity index (χ1) is 13.3. The molecule has 0 aliphatic rings. The smallest absolute Gasteiger partial charge is 0.338 e. The maximum Gasteiger partial charge on any atom is 0.338 e. The van der Waals surface area contributed by atoms with Crippen LogP contribution in [0.1, 0.15) is 17.3 Å². The minimum absolute atomic E-state index is 0.338. The highest BCUT2D eigenvalue weighted by Gasteiger charge is 2.14. The van der Waals surface area contributed by atoms with Gasteiger partial charge in [0, 0.05) is 11.1 Å². The third kappa shape index (κ3) is 3.42. The second-order valence-electron chi connectivity index (χ2n) is 6.08. The molecule has 0 saturated carbocycles. The van der Waals surface area contributed by atoms with Crippen molar-refractivity contribution < 1.29 is 9.53 Å². The Balaban J connectivity index is 1.94. The van der Waals surface area contributed by atoms with Crippen LogP contribution in [0.4, 0.5) is 0 Å². The Kier molecular flexibility index (Phi) is 4.62. The Bertz CT molecular complexity index is 1090. The van der Waals surface area contributed by atoms with Crippen molar-refractivity contribution in [2.75, 3.05) is 6.61 Å². The monoisotopic (exact) mass is 354 g/mol. The van der Waals surface area contributed by atoms with Crippen molar-refractivity contribution in [1.29, 1.82) is 0 Å². The summed E-state index contributed by atoms with van der Waals surface area (Å²) in [4.78, 5) is 21.8. The number of rotatable bonds is 4. The van der Waals surface area contributed by atoms with Gasteiger partial charge in [-0.15, -0.1) is 0 Å². The average Bonchev–Trinajstić information content (AvgIpc) is 2.74. The van der Waals surface area contributed by atoms with E-state index in [2.05, 4.69) is 0 Å². The summed E-state index contributed by atoms with van der Waals surface area (Å²) in [5.41, 5.74) is 5.46. The summed E-state index contributed by atoms with van der Waals surface area (Å²) in [6.07, 6.45) is 0. The van der Waals surface area contributed by atoms with Gasteiger partial charge >= 0.3 is 5.97 Å². The van der Waals surface area contributed by atoms with Gasteiger partial charge < -0.3 is 4.74 Å². The van der Waals surface area contributed by atoms with E-state index >= 15 is 0 Å². The summed E-state index contributed by atoms with van der Waals surface area (Å²) in [6, 6.07) is 25.2. The summed E-state index contributed by atoms with van der Waals surface area (Å²) in [5.74, 6) is -0.352. The van der Waals surface area contributed by atoms with Crippen molar-refractivity contribution in [3.05, 3.63) is 84.4 Å². The zero-order chi connectivity index (χ0) is 18.6. The van der Waals surface area contributed by atoms with Crippen LogP contribution in [0.15, 0.2) is 78.9 Å². The molecule has 0 unspecified atom stereocenters. The van der Waals surface area contributed by atoms with Gasteiger partial charge in [-0.1, -0.05) is 60.7 Å². The molecular formula is C23H18N2O2. The molecule has 132 valence electrons. The van der Waals surface area contributed by atoms with Crippen LogP contribution in [0, 0.1) is 0 Å². The van der Waals surface area contributed by atoms with E-state index in [1.54, 1.807) is 19.1 Å². The van der Waals surface area contributed by atoms with E-state index in [-0.39, 0.29) is 5.97 Å². The van der Waals surface area contributed by atoms with Crippen molar-refractivity contribution in [3.8, 4) is 22.5 Å². The average molecular weight is 354 g/mol. The van der Waals surface area contributed by atoms with Crippen LogP contribution >= 0.6 is 0 Å². The first kappa shape index (κ1) is 16.9. The van der Waals surface area contributed by atoms with E-state index < -0.39 is 0 Å². The molecular weight excluding hydrogens is 336 g/mol. The molecule has 0 radical (unpaired) electrons. The predicted molar refractivity (Wildman–Crippen MR) is 106 cm³/mol. The molecule has 4 aromatic rings. The molecule has 1 aromatic heterocycles. The fraction of sp³-hybridized carbons (Fsp3) is 0.0870. The van der Waals surface area contributed by atoms with Crippen LogP contribution < -0.4 is 0 Å². The maximum absolute atomic E-state index is 12.1. The summed E-state index contributed by atoms with van der Waals surface area (Å²) in [6.45, 7) is 2.13. The third-order valence-electron chi connectivity index (χ3n) is 4.27. The molecule has 0 spiro atoms. The third-order valence-corrected chi connectivity index (χ3v) is 4.27. The molecule has 0 atom stereocenters. The van der Waals surface area contributed by atoms with Crippen LogP contribution in [0.2, 0.25) is 0 Å². The summed E-state index contributed by atoms with van der Waals surface area (Å²) >= 11 is 0. The number of hydrogen-bond acceptors (Lipinski definition) is 4. The van der Waals surface area contributed by atoms with Gasteiger partial charge in [0.1, 0.15) is 0 Å². The fourth-order valence-electron chi connectivity index (χ4n) is 2.99. The quantitative estimate of drug-likeness (QED) is 0.476. The number of aromatic nitrogens is 2. The lowest BCUT2D eigenvalue weighted by atomic mass is 10.0. The molecule has 1 heterocycles. The second kappa shape index (κ2) is 7.38. The topological polar surface area (TPSA) is 52.1 Å². The Morgan fingerprint density at radius 3 is 1.89 bits per heavy atom. The number of benzene rings is 3. The van der Waals surface area contributed by atoms with Gasteiger partial charge in [-0.3, -0.25) is 0 Å². The molecule has 0 bridgehead atoms. The Hall–Kier alpha value is -3.53. The summed E-state index contributed by atoms with van der Waals surface area (Å²) in [7, 11) is 0. The summed E-state index contributed by atoms with van der Waals surface area (Å²) < 4.78 is 5.10. The molecule has 4 nitrogen and oxygen atoms in total. The van der Waals surface area contributed by atoms with Gasteiger partial charge in [0.05, 0.1) is 34.6 Å². The highest BCUT2D eigenvalue weighted by Crippen LogP contribution is 2.31. The minimum Gasteiger partial charge on any atom is -0.462 e. The van der Waals surface area contributed by atoms with Crippen LogP contribution in [0.3, 0.4) is 0 Å². The van der Waals surface area contributed by atoms with E-state index in [1.807, 2.05) is 66.7 Å². The molecule has 0 aliphatic carbocycles. The van der Waals surface area contributed by atoms with E-state index in [0.29, 0.717) is 17.7 Å². The zero-order valence-electron chi connectivity index (χ0n) is 14.9. The molecule has 0 amide bonds. The van der Waals surface area contributed by atoms with E-state index in [0.717, 1.165) is 28.0 Å². The van der Waals surface area contributed by atoms with E-state index in [1.165, 1.54) is 0 Å². The van der Waals surface area contributed by atoms with Gasteiger partial charge in [0.2, 0.25) is 0 Å². The number of nitrogens with zero attached hydrogens (tertiary/aromatic N) is 2. The predicted octanol–water partition coefficient (Wildman–Crippen LogP) is 5.14. The lowest BCUT2D eigenvalue weighted by Crippen LogP contribution is -2.05. The van der Waals surface area contributed by atoms with Crippen molar-refractivity contribution >= 4 is 17.0 Å². The number of fused-ring (bicyclic) bond motifs is 1. The highest BCUT2D eigenvalue weighted by molar-refractivity contribution is 5.95. The number of ether oxygens (including phenoxy) is 1. The SMILES string of the molecule is CCOC(=O)c1ccc2nc(-c3ccccc3)c(-c3ccccc3)nc2c1. The van der Waals surface area contributed by atoms with Gasteiger partial charge in [0.15, 0.2) is 0 Å². The number of esters is 1.